The molecule has 0 radical (unpaired) electrons. The van der Waals surface area contributed by atoms with Gasteiger partial charge in [0, 0.05) is 6.54 Å². The molecule has 0 saturated carbocycles. The molecule has 2 aromatic rings. The molecule has 104 valence electrons. The van der Waals surface area contributed by atoms with E-state index in [4.69, 9.17) is 0 Å². The number of nitrogens with one attached hydrogen (secondary N) is 1. The summed E-state index contributed by atoms with van der Waals surface area (Å²) in [5.41, 5.74) is 0.646. The lowest BCUT2D eigenvalue weighted by atomic mass is 10.3. The van der Waals surface area contributed by atoms with Crippen LogP contribution < -0.4 is 5.32 Å². The first-order valence-electron chi connectivity index (χ1n) is 6.71. The lowest BCUT2D eigenvalue weighted by Crippen LogP contribution is -2.25. The van der Waals surface area contributed by atoms with Gasteiger partial charge in [-0.2, -0.15) is 4.98 Å². The minimum Gasteiger partial charge on any atom is -0.353 e. The van der Waals surface area contributed by atoms with Crippen LogP contribution in [0.2, 0.25) is 0 Å². The van der Waals surface area contributed by atoms with Crippen molar-refractivity contribution in [3.63, 3.8) is 0 Å². The Balaban J connectivity index is 1.84. The summed E-state index contributed by atoms with van der Waals surface area (Å²) in [6, 6.07) is 3.00. The Hall–Kier alpha value is -1.69. The van der Waals surface area contributed by atoms with Crippen LogP contribution in [0.25, 0.3) is 5.65 Å². The number of hydrogen-bond donors (Lipinski definition) is 1. The smallest absolute Gasteiger partial charge is 0.243 e. The summed E-state index contributed by atoms with van der Waals surface area (Å²) in [5.74, 6) is 0.232. The second kappa shape index (κ2) is 6.47. The van der Waals surface area contributed by atoms with Gasteiger partial charge >= 0.3 is 0 Å². The highest BCUT2D eigenvalue weighted by atomic mass is 19.1. The van der Waals surface area contributed by atoms with Crippen LogP contribution in [-0.4, -0.2) is 45.7 Å². The Bertz CT molecular complexity index is 521. The highest BCUT2D eigenvalue weighted by molar-refractivity contribution is 5.42. The Morgan fingerprint density at radius 2 is 2.11 bits per heavy atom. The van der Waals surface area contributed by atoms with Crippen LogP contribution in [0.1, 0.15) is 20.3 Å². The summed E-state index contributed by atoms with van der Waals surface area (Å²) in [6.07, 6.45) is 2.36. The molecule has 0 aliphatic heterocycles. The zero-order valence-corrected chi connectivity index (χ0v) is 11.4. The van der Waals surface area contributed by atoms with Crippen molar-refractivity contribution in [2.45, 2.75) is 20.3 Å². The number of anilines is 1. The molecule has 0 saturated heterocycles. The maximum absolute atomic E-state index is 13.0. The number of hydrogen-bond acceptors (Lipinski definition) is 4. The standard InChI is InChI=1S/C13H20FN5/c1-3-18(4-2)9-5-8-15-13-16-12-7-6-11(14)10-19(12)17-13/h6-7,10H,3-5,8-9H2,1-2H3,(H,15,17). The van der Waals surface area contributed by atoms with E-state index < -0.39 is 0 Å². The maximum Gasteiger partial charge on any atom is 0.243 e. The van der Waals surface area contributed by atoms with Gasteiger partial charge in [0.15, 0.2) is 5.65 Å². The Labute approximate surface area is 112 Å². The molecule has 0 aliphatic carbocycles. The number of aromatic nitrogens is 3. The van der Waals surface area contributed by atoms with Crippen molar-refractivity contribution in [1.29, 1.82) is 0 Å². The van der Waals surface area contributed by atoms with Gasteiger partial charge in [-0.15, -0.1) is 5.10 Å². The van der Waals surface area contributed by atoms with Crippen molar-refractivity contribution in [1.82, 2.24) is 19.5 Å². The summed E-state index contributed by atoms with van der Waals surface area (Å²) in [7, 11) is 0. The fourth-order valence-electron chi connectivity index (χ4n) is 1.98. The normalized spacial score (nSPS) is 11.4. The van der Waals surface area contributed by atoms with Crippen LogP contribution in [0.4, 0.5) is 10.3 Å². The fourth-order valence-corrected chi connectivity index (χ4v) is 1.98. The Morgan fingerprint density at radius 3 is 2.84 bits per heavy atom. The van der Waals surface area contributed by atoms with Gasteiger partial charge in [-0.05, 0) is 38.2 Å². The molecule has 0 unspecified atom stereocenters. The first-order valence-corrected chi connectivity index (χ1v) is 6.71. The molecule has 2 heterocycles. The Morgan fingerprint density at radius 1 is 1.32 bits per heavy atom. The van der Waals surface area contributed by atoms with E-state index in [1.807, 2.05) is 0 Å². The van der Waals surface area contributed by atoms with E-state index >= 15 is 0 Å². The number of halogens is 1. The summed E-state index contributed by atoms with van der Waals surface area (Å²) in [5, 5.41) is 7.34. The summed E-state index contributed by atoms with van der Waals surface area (Å²) < 4.78 is 14.5. The monoisotopic (exact) mass is 265 g/mol. The van der Waals surface area contributed by atoms with Gasteiger partial charge in [0.25, 0.3) is 0 Å². The molecule has 0 spiro atoms. The van der Waals surface area contributed by atoms with Crippen molar-refractivity contribution < 1.29 is 4.39 Å². The third-order valence-electron chi connectivity index (χ3n) is 3.12. The second-order valence-corrected chi connectivity index (χ2v) is 4.39. The second-order valence-electron chi connectivity index (χ2n) is 4.39. The van der Waals surface area contributed by atoms with Crippen LogP contribution >= 0.6 is 0 Å². The van der Waals surface area contributed by atoms with E-state index in [0.717, 1.165) is 32.6 Å². The van der Waals surface area contributed by atoms with Crippen molar-refractivity contribution in [3.05, 3.63) is 24.1 Å². The molecule has 0 atom stereocenters. The molecular formula is C13H20FN5. The molecule has 6 heteroatoms. The topological polar surface area (TPSA) is 45.5 Å². The van der Waals surface area contributed by atoms with Crippen LogP contribution in [0, 0.1) is 5.82 Å². The number of nitrogens with zero attached hydrogens (tertiary/aromatic N) is 4. The molecule has 2 rings (SSSR count). The average Bonchev–Trinajstić information content (AvgIpc) is 2.80. The first-order chi connectivity index (χ1) is 9.22. The molecule has 1 N–H and O–H groups in total. The highest BCUT2D eigenvalue weighted by Crippen LogP contribution is 2.06. The lowest BCUT2D eigenvalue weighted by molar-refractivity contribution is 0.303. The van der Waals surface area contributed by atoms with Gasteiger partial charge in [-0.1, -0.05) is 13.8 Å². The number of rotatable bonds is 7. The zero-order chi connectivity index (χ0) is 13.7. The van der Waals surface area contributed by atoms with Crippen molar-refractivity contribution in [2.75, 3.05) is 31.5 Å². The molecule has 2 aromatic heterocycles. The minimum absolute atomic E-state index is 0.314. The SMILES string of the molecule is CCN(CC)CCCNc1nc2ccc(F)cn2n1. The first kappa shape index (κ1) is 13.7. The van der Waals surface area contributed by atoms with Crippen molar-refractivity contribution in [3.8, 4) is 0 Å². The van der Waals surface area contributed by atoms with E-state index in [-0.39, 0.29) is 5.82 Å². The van der Waals surface area contributed by atoms with Gasteiger partial charge in [-0.25, -0.2) is 8.91 Å². The third-order valence-corrected chi connectivity index (χ3v) is 3.12. The van der Waals surface area contributed by atoms with Crippen molar-refractivity contribution in [2.24, 2.45) is 0 Å². The summed E-state index contributed by atoms with van der Waals surface area (Å²) >= 11 is 0. The quantitative estimate of drug-likeness (QED) is 0.778. The molecule has 0 bridgehead atoms. The molecule has 0 aliphatic rings. The molecule has 0 fully saturated rings. The van der Waals surface area contributed by atoms with E-state index in [9.17, 15) is 4.39 Å². The molecule has 5 nitrogen and oxygen atoms in total. The van der Waals surface area contributed by atoms with E-state index in [0.29, 0.717) is 11.6 Å². The zero-order valence-electron chi connectivity index (χ0n) is 11.4. The number of fused-ring (bicyclic) bond motifs is 1. The van der Waals surface area contributed by atoms with Gasteiger partial charge in [0.2, 0.25) is 5.95 Å². The number of pyridine rings is 1. The van der Waals surface area contributed by atoms with Gasteiger partial charge in [-0.3, -0.25) is 0 Å². The van der Waals surface area contributed by atoms with Gasteiger partial charge in [0.05, 0.1) is 6.20 Å². The maximum atomic E-state index is 13.0. The van der Waals surface area contributed by atoms with Crippen LogP contribution in [0.3, 0.4) is 0 Å². The predicted molar refractivity (Wildman–Crippen MR) is 73.8 cm³/mol. The third kappa shape index (κ3) is 3.64. The molecule has 19 heavy (non-hydrogen) atoms. The largest absolute Gasteiger partial charge is 0.353 e. The lowest BCUT2D eigenvalue weighted by Gasteiger charge is -2.17. The van der Waals surface area contributed by atoms with E-state index in [1.54, 1.807) is 6.07 Å². The van der Waals surface area contributed by atoms with Gasteiger partial charge in [0.1, 0.15) is 5.82 Å². The van der Waals surface area contributed by atoms with Crippen LogP contribution in [0.15, 0.2) is 18.3 Å². The predicted octanol–water partition coefficient (Wildman–Crippen LogP) is 2.01. The van der Waals surface area contributed by atoms with Gasteiger partial charge < -0.3 is 10.2 Å². The summed E-state index contributed by atoms with van der Waals surface area (Å²) in [4.78, 5) is 6.64. The van der Waals surface area contributed by atoms with E-state index in [1.165, 1.54) is 16.8 Å². The highest BCUT2D eigenvalue weighted by Gasteiger charge is 2.04. The average molecular weight is 265 g/mol. The fraction of sp³-hybridized carbons (Fsp3) is 0.538. The molecule has 0 aromatic carbocycles. The van der Waals surface area contributed by atoms with Crippen molar-refractivity contribution >= 4 is 11.6 Å². The van der Waals surface area contributed by atoms with Crippen LogP contribution in [0.5, 0.6) is 0 Å². The van der Waals surface area contributed by atoms with Crippen LogP contribution in [-0.2, 0) is 0 Å². The Kier molecular flexibility index (Phi) is 4.68. The van der Waals surface area contributed by atoms with E-state index in [2.05, 4.69) is 34.1 Å². The summed E-state index contributed by atoms with van der Waals surface area (Å²) in [6.45, 7) is 8.34. The molecular weight excluding hydrogens is 245 g/mol. The molecule has 0 amide bonds. The minimum atomic E-state index is -0.314.